The van der Waals surface area contributed by atoms with Gasteiger partial charge in [-0.15, -0.1) is 0 Å². The van der Waals surface area contributed by atoms with Gasteiger partial charge in [0.15, 0.2) is 5.78 Å². The van der Waals surface area contributed by atoms with E-state index in [1.165, 1.54) is 11.3 Å². The van der Waals surface area contributed by atoms with Gasteiger partial charge < -0.3 is 0 Å². The van der Waals surface area contributed by atoms with Crippen LogP contribution in [0.1, 0.15) is 21.5 Å². The summed E-state index contributed by atoms with van der Waals surface area (Å²) in [7, 11) is 0. The maximum absolute atomic E-state index is 12.2. The van der Waals surface area contributed by atoms with Crippen molar-refractivity contribution in [2.24, 2.45) is 0 Å². The Labute approximate surface area is 115 Å². The van der Waals surface area contributed by atoms with E-state index in [1.54, 1.807) is 0 Å². The Kier molecular flexibility index (Phi) is 3.62. The van der Waals surface area contributed by atoms with Crippen LogP contribution in [0.3, 0.4) is 0 Å². The van der Waals surface area contributed by atoms with E-state index in [0.717, 1.165) is 20.1 Å². The molecule has 82 valence electrons. The maximum atomic E-state index is 12.2. The molecule has 2 rings (SSSR count). The monoisotopic (exact) mass is 358 g/mol. The first kappa shape index (κ1) is 12.0. The fourth-order valence-electron chi connectivity index (χ4n) is 1.40. The summed E-state index contributed by atoms with van der Waals surface area (Å²) in [5, 5.41) is 3.78. The molecule has 1 aromatic carbocycles. The standard InChI is InChI=1S/C12H8Br2OS/c1-7-2-3-10(13)8(4-7)12(15)9-5-16-6-11(9)14/h2-6H,1H3. The lowest BCUT2D eigenvalue weighted by Crippen LogP contribution is -2.02. The molecule has 0 aliphatic rings. The lowest BCUT2D eigenvalue weighted by Gasteiger charge is -2.04. The zero-order valence-corrected chi connectivity index (χ0v) is 12.4. The van der Waals surface area contributed by atoms with Crippen LogP contribution in [0.25, 0.3) is 0 Å². The Morgan fingerprint density at radius 1 is 1.12 bits per heavy atom. The number of carbonyl (C=O) groups is 1. The van der Waals surface area contributed by atoms with Gasteiger partial charge in [0.1, 0.15) is 0 Å². The van der Waals surface area contributed by atoms with E-state index in [-0.39, 0.29) is 5.78 Å². The van der Waals surface area contributed by atoms with Crippen LogP contribution in [0.4, 0.5) is 0 Å². The molecule has 2 aromatic rings. The summed E-state index contributed by atoms with van der Waals surface area (Å²) >= 11 is 8.31. The minimum Gasteiger partial charge on any atom is -0.288 e. The molecule has 0 atom stereocenters. The number of hydrogen-bond acceptors (Lipinski definition) is 2. The average Bonchev–Trinajstić information content (AvgIpc) is 2.67. The molecule has 4 heteroatoms. The van der Waals surface area contributed by atoms with Gasteiger partial charge in [0.05, 0.1) is 0 Å². The fraction of sp³-hybridized carbons (Fsp3) is 0.0833. The van der Waals surface area contributed by atoms with Gasteiger partial charge in [0.2, 0.25) is 0 Å². The van der Waals surface area contributed by atoms with E-state index in [0.29, 0.717) is 5.56 Å². The SMILES string of the molecule is Cc1ccc(Br)c(C(=O)c2cscc2Br)c1. The number of rotatable bonds is 2. The molecule has 0 N–H and O–H groups in total. The molecule has 0 bridgehead atoms. The predicted octanol–water partition coefficient (Wildman–Crippen LogP) is 4.81. The molecular formula is C12H8Br2OS. The summed E-state index contributed by atoms with van der Waals surface area (Å²) < 4.78 is 1.69. The lowest BCUT2D eigenvalue weighted by molar-refractivity contribution is 0.103. The van der Waals surface area contributed by atoms with Crippen molar-refractivity contribution in [2.45, 2.75) is 6.92 Å². The van der Waals surface area contributed by atoms with Gasteiger partial charge in [0, 0.05) is 30.8 Å². The van der Waals surface area contributed by atoms with Crippen molar-refractivity contribution in [3.63, 3.8) is 0 Å². The highest BCUT2D eigenvalue weighted by molar-refractivity contribution is 9.11. The lowest BCUT2D eigenvalue weighted by atomic mass is 10.0. The van der Waals surface area contributed by atoms with Crippen molar-refractivity contribution in [1.29, 1.82) is 0 Å². The third-order valence-corrected chi connectivity index (χ3v) is 4.62. The molecule has 0 saturated carbocycles. The average molecular weight is 360 g/mol. The summed E-state index contributed by atoms with van der Waals surface area (Å²) in [6, 6.07) is 5.78. The molecule has 0 aliphatic heterocycles. The minimum atomic E-state index is 0.0451. The normalized spacial score (nSPS) is 10.4. The molecule has 1 aromatic heterocycles. The number of benzene rings is 1. The van der Waals surface area contributed by atoms with Crippen LogP contribution in [0, 0.1) is 6.92 Å². The highest BCUT2D eigenvalue weighted by atomic mass is 79.9. The molecule has 1 heterocycles. The smallest absolute Gasteiger partial charge is 0.196 e. The number of hydrogen-bond donors (Lipinski definition) is 0. The summed E-state index contributed by atoms with van der Waals surface area (Å²) in [4.78, 5) is 12.2. The Morgan fingerprint density at radius 3 is 2.50 bits per heavy atom. The largest absolute Gasteiger partial charge is 0.288 e. The molecule has 0 aliphatic carbocycles. The van der Waals surface area contributed by atoms with Crippen molar-refractivity contribution in [3.8, 4) is 0 Å². The molecule has 0 amide bonds. The van der Waals surface area contributed by atoms with Crippen LogP contribution in [0.2, 0.25) is 0 Å². The molecule has 0 unspecified atom stereocenters. The first-order valence-corrected chi connectivity index (χ1v) is 7.15. The van der Waals surface area contributed by atoms with Gasteiger partial charge in [-0.05, 0) is 35.0 Å². The van der Waals surface area contributed by atoms with E-state index < -0.39 is 0 Å². The molecule has 1 nitrogen and oxygen atoms in total. The van der Waals surface area contributed by atoms with Gasteiger partial charge >= 0.3 is 0 Å². The van der Waals surface area contributed by atoms with E-state index in [4.69, 9.17) is 0 Å². The second-order valence-corrected chi connectivity index (χ2v) is 5.90. The van der Waals surface area contributed by atoms with Crippen LogP contribution in [0.15, 0.2) is 37.9 Å². The summed E-state index contributed by atoms with van der Waals surface area (Å²) in [5.74, 6) is 0.0451. The first-order valence-electron chi connectivity index (χ1n) is 4.62. The molecule has 0 fully saturated rings. The third kappa shape index (κ3) is 2.29. The van der Waals surface area contributed by atoms with Crippen molar-refractivity contribution in [2.75, 3.05) is 0 Å². The van der Waals surface area contributed by atoms with Crippen LogP contribution in [0.5, 0.6) is 0 Å². The molecule has 0 saturated heterocycles. The first-order chi connectivity index (χ1) is 7.59. The van der Waals surface area contributed by atoms with Gasteiger partial charge in [-0.3, -0.25) is 4.79 Å². The second kappa shape index (κ2) is 4.82. The zero-order valence-electron chi connectivity index (χ0n) is 8.46. The number of aryl methyl sites for hydroxylation is 1. The van der Waals surface area contributed by atoms with E-state index in [2.05, 4.69) is 31.9 Å². The topological polar surface area (TPSA) is 17.1 Å². The molecule has 0 radical (unpaired) electrons. The fourth-order valence-corrected chi connectivity index (χ4v) is 3.28. The van der Waals surface area contributed by atoms with Crippen molar-refractivity contribution in [1.82, 2.24) is 0 Å². The highest BCUT2D eigenvalue weighted by Crippen LogP contribution is 2.27. The summed E-state index contributed by atoms with van der Waals surface area (Å²) in [6.07, 6.45) is 0. The van der Waals surface area contributed by atoms with Crippen molar-refractivity contribution < 1.29 is 4.79 Å². The Morgan fingerprint density at radius 2 is 1.88 bits per heavy atom. The minimum absolute atomic E-state index is 0.0451. The van der Waals surface area contributed by atoms with E-state index in [1.807, 2.05) is 35.9 Å². The maximum Gasteiger partial charge on any atom is 0.196 e. The summed E-state index contributed by atoms with van der Waals surface area (Å²) in [6.45, 7) is 1.98. The third-order valence-electron chi connectivity index (χ3n) is 2.23. The number of thiophene rings is 1. The van der Waals surface area contributed by atoms with Crippen LogP contribution in [-0.2, 0) is 0 Å². The van der Waals surface area contributed by atoms with Crippen LogP contribution >= 0.6 is 43.2 Å². The Bertz CT molecular complexity index is 546. The Balaban J connectivity index is 2.49. The number of halogens is 2. The number of ketones is 1. The van der Waals surface area contributed by atoms with Gasteiger partial charge in [0.25, 0.3) is 0 Å². The van der Waals surface area contributed by atoms with E-state index >= 15 is 0 Å². The van der Waals surface area contributed by atoms with Crippen LogP contribution in [-0.4, -0.2) is 5.78 Å². The Hall–Kier alpha value is -0.450. The molecular weight excluding hydrogens is 352 g/mol. The second-order valence-electron chi connectivity index (χ2n) is 3.45. The zero-order chi connectivity index (χ0) is 11.7. The quantitative estimate of drug-likeness (QED) is 0.703. The molecule has 16 heavy (non-hydrogen) atoms. The molecule has 0 spiro atoms. The summed E-state index contributed by atoms with van der Waals surface area (Å²) in [5.41, 5.74) is 2.51. The van der Waals surface area contributed by atoms with Gasteiger partial charge in [-0.2, -0.15) is 11.3 Å². The number of carbonyl (C=O) groups excluding carboxylic acids is 1. The predicted molar refractivity (Wildman–Crippen MR) is 74.3 cm³/mol. The van der Waals surface area contributed by atoms with Crippen molar-refractivity contribution >= 4 is 49.0 Å². The van der Waals surface area contributed by atoms with Gasteiger partial charge in [-0.25, -0.2) is 0 Å². The van der Waals surface area contributed by atoms with Gasteiger partial charge in [-0.1, -0.05) is 27.6 Å². The van der Waals surface area contributed by atoms with Crippen LogP contribution < -0.4 is 0 Å². The highest BCUT2D eigenvalue weighted by Gasteiger charge is 2.16. The van der Waals surface area contributed by atoms with E-state index in [9.17, 15) is 4.79 Å². The van der Waals surface area contributed by atoms with Crippen molar-refractivity contribution in [3.05, 3.63) is 54.6 Å².